The summed E-state index contributed by atoms with van der Waals surface area (Å²) >= 11 is 0. The van der Waals surface area contributed by atoms with Crippen molar-refractivity contribution in [1.29, 1.82) is 0 Å². The molecule has 2 N–H and O–H groups in total. The van der Waals surface area contributed by atoms with E-state index in [0.29, 0.717) is 11.4 Å². The van der Waals surface area contributed by atoms with Crippen LogP contribution in [0.3, 0.4) is 0 Å². The Labute approximate surface area is 117 Å². The van der Waals surface area contributed by atoms with E-state index in [0.717, 1.165) is 11.1 Å². The maximum absolute atomic E-state index is 12.1. The minimum atomic E-state index is -0.214. The van der Waals surface area contributed by atoms with Crippen LogP contribution < -0.4 is 5.32 Å². The predicted molar refractivity (Wildman–Crippen MR) is 77.3 cm³/mol. The number of carbonyl (C=O) groups excluding carboxylic acids is 1. The summed E-state index contributed by atoms with van der Waals surface area (Å²) in [7, 11) is 0. The molecule has 20 heavy (non-hydrogen) atoms. The minimum absolute atomic E-state index is 0.179. The number of carbonyl (C=O) groups is 1. The molecule has 1 aromatic heterocycles. The van der Waals surface area contributed by atoms with Crippen LogP contribution in [-0.4, -0.2) is 22.6 Å². The number of benzene rings is 1. The second-order valence-electron chi connectivity index (χ2n) is 4.16. The van der Waals surface area contributed by atoms with Crippen molar-refractivity contribution >= 4 is 11.7 Å². The van der Waals surface area contributed by atoms with Gasteiger partial charge in [-0.1, -0.05) is 17.9 Å². The van der Waals surface area contributed by atoms with Crippen LogP contribution in [0.25, 0.3) is 0 Å². The summed E-state index contributed by atoms with van der Waals surface area (Å²) in [5, 5.41) is 11.4. The Morgan fingerprint density at radius 2 is 2.20 bits per heavy atom. The van der Waals surface area contributed by atoms with Crippen molar-refractivity contribution in [3.05, 3.63) is 59.3 Å². The fourth-order valence-electron chi connectivity index (χ4n) is 1.71. The fourth-order valence-corrected chi connectivity index (χ4v) is 1.71. The molecule has 4 heteroatoms. The quantitative estimate of drug-likeness (QED) is 0.817. The summed E-state index contributed by atoms with van der Waals surface area (Å²) in [5.74, 6) is 5.72. The number of anilines is 1. The second-order valence-corrected chi connectivity index (χ2v) is 4.16. The van der Waals surface area contributed by atoms with Crippen molar-refractivity contribution < 1.29 is 9.90 Å². The lowest BCUT2D eigenvalue weighted by atomic mass is 10.0. The van der Waals surface area contributed by atoms with Gasteiger partial charge < -0.3 is 10.4 Å². The van der Waals surface area contributed by atoms with E-state index in [-0.39, 0.29) is 12.5 Å². The number of aliphatic hydroxyl groups is 1. The molecule has 0 radical (unpaired) electrons. The van der Waals surface area contributed by atoms with Gasteiger partial charge in [0.05, 0.1) is 0 Å². The topological polar surface area (TPSA) is 62.2 Å². The number of pyridine rings is 1. The Morgan fingerprint density at radius 3 is 2.85 bits per heavy atom. The predicted octanol–water partition coefficient (Wildman–Crippen LogP) is 1.99. The number of aryl methyl sites for hydroxylation is 1. The first kappa shape index (κ1) is 13.8. The van der Waals surface area contributed by atoms with E-state index < -0.39 is 0 Å². The normalized spacial score (nSPS) is 9.50. The van der Waals surface area contributed by atoms with Gasteiger partial charge in [-0.25, -0.2) is 4.98 Å². The zero-order valence-corrected chi connectivity index (χ0v) is 11.1. The molecular weight excluding hydrogens is 252 g/mol. The molecule has 0 aliphatic heterocycles. The molecule has 1 amide bonds. The molecule has 0 aliphatic rings. The van der Waals surface area contributed by atoms with Gasteiger partial charge in [0.2, 0.25) is 0 Å². The zero-order chi connectivity index (χ0) is 14.4. The lowest BCUT2D eigenvalue weighted by Gasteiger charge is -2.06. The first-order chi connectivity index (χ1) is 9.70. The van der Waals surface area contributed by atoms with E-state index in [1.54, 1.807) is 42.6 Å². The minimum Gasteiger partial charge on any atom is -0.384 e. The Morgan fingerprint density at radius 1 is 1.35 bits per heavy atom. The second kappa shape index (κ2) is 6.50. The average molecular weight is 266 g/mol. The lowest BCUT2D eigenvalue weighted by Crippen LogP contribution is -2.13. The summed E-state index contributed by atoms with van der Waals surface area (Å²) in [4.78, 5) is 16.1. The summed E-state index contributed by atoms with van der Waals surface area (Å²) in [6.45, 7) is 1.69. The van der Waals surface area contributed by atoms with Crippen molar-refractivity contribution in [3.8, 4) is 11.8 Å². The van der Waals surface area contributed by atoms with Crippen molar-refractivity contribution in [2.75, 3.05) is 11.9 Å². The maximum Gasteiger partial charge on any atom is 0.256 e. The Hall–Kier alpha value is -2.64. The number of aliphatic hydroxyl groups excluding tert-OH is 1. The molecule has 2 rings (SSSR count). The van der Waals surface area contributed by atoms with Gasteiger partial charge >= 0.3 is 0 Å². The van der Waals surface area contributed by atoms with Gasteiger partial charge in [0.1, 0.15) is 12.4 Å². The number of nitrogens with one attached hydrogen (secondary N) is 1. The molecule has 0 unspecified atom stereocenters. The van der Waals surface area contributed by atoms with Gasteiger partial charge in [-0.3, -0.25) is 4.79 Å². The van der Waals surface area contributed by atoms with Crippen molar-refractivity contribution in [3.63, 3.8) is 0 Å². The summed E-state index contributed by atoms with van der Waals surface area (Å²) in [5.41, 5.74) is 2.23. The van der Waals surface area contributed by atoms with Crippen LogP contribution in [0.15, 0.2) is 42.6 Å². The lowest BCUT2D eigenvalue weighted by molar-refractivity contribution is 0.102. The molecule has 0 fully saturated rings. The Kier molecular flexibility index (Phi) is 4.48. The standard InChI is InChI=1S/C16H14N2O2/c1-12-11-14(8-7-13(12)5-4-10-19)16(20)18-15-6-2-3-9-17-15/h2-3,6-9,11,19H,10H2,1H3,(H,17,18,20). The highest BCUT2D eigenvalue weighted by molar-refractivity contribution is 6.03. The highest BCUT2D eigenvalue weighted by Gasteiger charge is 2.07. The molecule has 0 bridgehead atoms. The summed E-state index contributed by atoms with van der Waals surface area (Å²) in [6, 6.07) is 10.6. The molecular formula is C16H14N2O2. The van der Waals surface area contributed by atoms with E-state index in [1.165, 1.54) is 0 Å². The van der Waals surface area contributed by atoms with Crippen LogP contribution in [0.2, 0.25) is 0 Å². The smallest absolute Gasteiger partial charge is 0.256 e. The molecule has 0 spiro atoms. The number of hydrogen-bond acceptors (Lipinski definition) is 3. The third-order valence-corrected chi connectivity index (χ3v) is 2.70. The third-order valence-electron chi connectivity index (χ3n) is 2.70. The van der Waals surface area contributed by atoms with Crippen molar-refractivity contribution in [1.82, 2.24) is 4.98 Å². The monoisotopic (exact) mass is 266 g/mol. The molecule has 100 valence electrons. The average Bonchev–Trinajstić information content (AvgIpc) is 2.47. The van der Waals surface area contributed by atoms with Crippen LogP contribution in [0.5, 0.6) is 0 Å². The Balaban J connectivity index is 2.17. The van der Waals surface area contributed by atoms with Crippen LogP contribution in [0, 0.1) is 18.8 Å². The van der Waals surface area contributed by atoms with Crippen LogP contribution in [-0.2, 0) is 0 Å². The van der Waals surface area contributed by atoms with E-state index in [9.17, 15) is 4.79 Å². The number of amides is 1. The molecule has 0 aliphatic carbocycles. The zero-order valence-electron chi connectivity index (χ0n) is 11.1. The van der Waals surface area contributed by atoms with Gasteiger partial charge in [-0.2, -0.15) is 0 Å². The number of hydrogen-bond donors (Lipinski definition) is 2. The number of aromatic nitrogens is 1. The number of rotatable bonds is 2. The molecule has 0 saturated heterocycles. The highest BCUT2D eigenvalue weighted by Crippen LogP contribution is 2.12. The molecule has 4 nitrogen and oxygen atoms in total. The first-order valence-corrected chi connectivity index (χ1v) is 6.13. The van der Waals surface area contributed by atoms with Gasteiger partial charge in [0.25, 0.3) is 5.91 Å². The van der Waals surface area contributed by atoms with Gasteiger partial charge in [-0.15, -0.1) is 0 Å². The summed E-state index contributed by atoms with van der Waals surface area (Å²) in [6.07, 6.45) is 1.62. The Bertz CT molecular complexity index is 670. The largest absolute Gasteiger partial charge is 0.384 e. The van der Waals surface area contributed by atoms with Crippen molar-refractivity contribution in [2.24, 2.45) is 0 Å². The van der Waals surface area contributed by atoms with Crippen LogP contribution >= 0.6 is 0 Å². The van der Waals surface area contributed by atoms with Gasteiger partial charge in [0.15, 0.2) is 0 Å². The van der Waals surface area contributed by atoms with Gasteiger partial charge in [0, 0.05) is 17.3 Å². The van der Waals surface area contributed by atoms with Crippen molar-refractivity contribution in [2.45, 2.75) is 6.92 Å². The SMILES string of the molecule is Cc1cc(C(=O)Nc2ccccn2)ccc1C#CCO. The molecule has 2 aromatic rings. The molecule has 0 saturated carbocycles. The first-order valence-electron chi connectivity index (χ1n) is 6.13. The van der Waals surface area contributed by atoms with E-state index >= 15 is 0 Å². The molecule has 0 atom stereocenters. The molecule has 1 aromatic carbocycles. The number of nitrogens with zero attached hydrogens (tertiary/aromatic N) is 1. The van der Waals surface area contributed by atoms with Crippen LogP contribution in [0.1, 0.15) is 21.5 Å². The van der Waals surface area contributed by atoms with Gasteiger partial charge in [-0.05, 0) is 42.8 Å². The fraction of sp³-hybridized carbons (Fsp3) is 0.125. The maximum atomic E-state index is 12.1. The van der Waals surface area contributed by atoms with E-state index in [4.69, 9.17) is 5.11 Å². The van der Waals surface area contributed by atoms with Crippen LogP contribution in [0.4, 0.5) is 5.82 Å². The summed E-state index contributed by atoms with van der Waals surface area (Å²) < 4.78 is 0. The highest BCUT2D eigenvalue weighted by atomic mass is 16.2. The third kappa shape index (κ3) is 3.44. The molecule has 1 heterocycles. The van der Waals surface area contributed by atoms with E-state index in [2.05, 4.69) is 22.1 Å². The van der Waals surface area contributed by atoms with E-state index in [1.807, 2.05) is 6.92 Å².